The van der Waals surface area contributed by atoms with E-state index in [9.17, 15) is 4.79 Å². The summed E-state index contributed by atoms with van der Waals surface area (Å²) in [7, 11) is 0. The van der Waals surface area contributed by atoms with Gasteiger partial charge in [-0.15, -0.1) is 0 Å². The smallest absolute Gasteiger partial charge is 0.335 e. The highest BCUT2D eigenvalue weighted by atomic mass is 16.4. The van der Waals surface area contributed by atoms with E-state index in [1.807, 2.05) is 51.1 Å². The molecule has 0 amide bonds. The number of nitrogens with zero attached hydrogens (tertiary/aromatic N) is 2. The first-order chi connectivity index (χ1) is 11.9. The maximum Gasteiger partial charge on any atom is 0.335 e. The zero-order valence-corrected chi connectivity index (χ0v) is 14.4. The number of hydrogen-bond acceptors (Lipinski definition) is 4. The molecule has 0 unspecified atom stereocenters. The Hall–Kier alpha value is -3.21. The van der Waals surface area contributed by atoms with Gasteiger partial charge in [0.2, 0.25) is 0 Å². The first kappa shape index (κ1) is 16.6. The van der Waals surface area contributed by atoms with E-state index >= 15 is 0 Å². The monoisotopic (exact) mass is 333 g/mol. The van der Waals surface area contributed by atoms with Crippen LogP contribution in [0.4, 0.5) is 11.5 Å². The van der Waals surface area contributed by atoms with Gasteiger partial charge in [0.15, 0.2) is 5.82 Å². The maximum atomic E-state index is 11.1. The van der Waals surface area contributed by atoms with Crippen LogP contribution in [-0.4, -0.2) is 21.0 Å². The lowest BCUT2D eigenvalue weighted by molar-refractivity contribution is 0.0697. The Labute approximate surface area is 146 Å². The standard InChI is InChI=1S/C20H19N3O2/c1-12-7-9-15(10-8-12)19-21-14(3)13(2)18(23-19)22-17-6-4-5-16(11-17)20(24)25/h4-11H,1-3H3,(H,24,25)(H,21,22,23). The van der Waals surface area contributed by atoms with Crippen molar-refractivity contribution in [2.75, 3.05) is 5.32 Å². The van der Waals surface area contributed by atoms with Gasteiger partial charge in [0, 0.05) is 22.5 Å². The molecule has 5 heteroatoms. The van der Waals surface area contributed by atoms with Gasteiger partial charge in [-0.25, -0.2) is 14.8 Å². The van der Waals surface area contributed by atoms with E-state index in [4.69, 9.17) is 5.11 Å². The Kier molecular flexibility index (Phi) is 4.48. The van der Waals surface area contributed by atoms with Crippen LogP contribution in [0.2, 0.25) is 0 Å². The minimum Gasteiger partial charge on any atom is -0.478 e. The number of aryl methyl sites for hydroxylation is 2. The van der Waals surface area contributed by atoms with E-state index in [-0.39, 0.29) is 5.56 Å². The predicted octanol–water partition coefficient (Wildman–Crippen LogP) is 4.51. The molecule has 1 heterocycles. The molecule has 0 aliphatic heterocycles. The van der Waals surface area contributed by atoms with Crippen molar-refractivity contribution in [2.45, 2.75) is 20.8 Å². The van der Waals surface area contributed by atoms with Crippen LogP contribution in [0.15, 0.2) is 48.5 Å². The summed E-state index contributed by atoms with van der Waals surface area (Å²) >= 11 is 0. The molecule has 126 valence electrons. The first-order valence-corrected chi connectivity index (χ1v) is 7.96. The molecule has 1 aromatic heterocycles. The van der Waals surface area contributed by atoms with Gasteiger partial charge in [-0.05, 0) is 39.0 Å². The molecule has 0 saturated carbocycles. The molecule has 0 aliphatic carbocycles. The molecule has 0 atom stereocenters. The molecule has 0 fully saturated rings. The molecular formula is C20H19N3O2. The number of hydrogen-bond donors (Lipinski definition) is 2. The zero-order chi connectivity index (χ0) is 18.0. The highest BCUT2D eigenvalue weighted by Crippen LogP contribution is 2.25. The molecule has 0 radical (unpaired) electrons. The number of carboxylic acid groups (broad SMARTS) is 1. The van der Waals surface area contributed by atoms with E-state index in [0.29, 0.717) is 17.3 Å². The summed E-state index contributed by atoms with van der Waals surface area (Å²) in [6, 6.07) is 14.7. The second-order valence-corrected chi connectivity index (χ2v) is 5.98. The average molecular weight is 333 g/mol. The lowest BCUT2D eigenvalue weighted by atomic mass is 10.1. The summed E-state index contributed by atoms with van der Waals surface area (Å²) < 4.78 is 0. The molecular weight excluding hydrogens is 314 g/mol. The predicted molar refractivity (Wildman–Crippen MR) is 98.4 cm³/mol. The van der Waals surface area contributed by atoms with Crippen molar-refractivity contribution in [3.63, 3.8) is 0 Å². The van der Waals surface area contributed by atoms with E-state index in [0.717, 1.165) is 16.8 Å². The summed E-state index contributed by atoms with van der Waals surface area (Å²) in [5, 5.41) is 12.4. The van der Waals surface area contributed by atoms with E-state index < -0.39 is 5.97 Å². The molecule has 0 aliphatic rings. The van der Waals surface area contributed by atoms with Crippen LogP contribution >= 0.6 is 0 Å². The Bertz CT molecular complexity index is 934. The van der Waals surface area contributed by atoms with Crippen molar-refractivity contribution in [1.82, 2.24) is 9.97 Å². The summed E-state index contributed by atoms with van der Waals surface area (Å²) in [5.74, 6) is 0.352. The van der Waals surface area contributed by atoms with Crippen LogP contribution in [0, 0.1) is 20.8 Å². The summed E-state index contributed by atoms with van der Waals surface area (Å²) in [6.07, 6.45) is 0. The number of anilines is 2. The fraction of sp³-hybridized carbons (Fsp3) is 0.150. The van der Waals surface area contributed by atoms with Crippen LogP contribution in [-0.2, 0) is 0 Å². The van der Waals surface area contributed by atoms with Gasteiger partial charge < -0.3 is 10.4 Å². The van der Waals surface area contributed by atoms with Crippen molar-refractivity contribution in [3.05, 3.63) is 70.9 Å². The van der Waals surface area contributed by atoms with E-state index in [1.165, 1.54) is 5.56 Å². The van der Waals surface area contributed by atoms with Gasteiger partial charge >= 0.3 is 5.97 Å². The van der Waals surface area contributed by atoms with Gasteiger partial charge in [-0.3, -0.25) is 0 Å². The molecule has 5 nitrogen and oxygen atoms in total. The fourth-order valence-electron chi connectivity index (χ4n) is 2.45. The van der Waals surface area contributed by atoms with Gasteiger partial charge in [0.1, 0.15) is 5.82 Å². The van der Waals surface area contributed by atoms with Crippen LogP contribution in [0.25, 0.3) is 11.4 Å². The largest absolute Gasteiger partial charge is 0.478 e. The molecule has 3 aromatic rings. The highest BCUT2D eigenvalue weighted by Gasteiger charge is 2.11. The highest BCUT2D eigenvalue weighted by molar-refractivity contribution is 5.89. The molecule has 2 aromatic carbocycles. The normalized spacial score (nSPS) is 10.5. The number of rotatable bonds is 4. The Morgan fingerprint density at radius 2 is 1.72 bits per heavy atom. The van der Waals surface area contributed by atoms with Crippen LogP contribution in [0.1, 0.15) is 27.2 Å². The van der Waals surface area contributed by atoms with Crippen molar-refractivity contribution in [2.24, 2.45) is 0 Å². The average Bonchev–Trinajstić information content (AvgIpc) is 2.59. The van der Waals surface area contributed by atoms with E-state index in [1.54, 1.807) is 18.2 Å². The second kappa shape index (κ2) is 6.73. The van der Waals surface area contributed by atoms with E-state index in [2.05, 4.69) is 15.3 Å². The number of nitrogens with one attached hydrogen (secondary N) is 1. The topological polar surface area (TPSA) is 75.1 Å². The summed E-state index contributed by atoms with van der Waals surface area (Å²) in [5.41, 5.74) is 4.83. The molecule has 0 bridgehead atoms. The minimum absolute atomic E-state index is 0.229. The van der Waals surface area contributed by atoms with Gasteiger partial charge in [0.05, 0.1) is 5.56 Å². The third kappa shape index (κ3) is 3.66. The molecule has 0 spiro atoms. The number of carboxylic acids is 1. The van der Waals surface area contributed by atoms with Crippen molar-refractivity contribution >= 4 is 17.5 Å². The molecule has 25 heavy (non-hydrogen) atoms. The quantitative estimate of drug-likeness (QED) is 0.734. The van der Waals surface area contributed by atoms with Crippen molar-refractivity contribution in [3.8, 4) is 11.4 Å². The number of benzene rings is 2. The summed E-state index contributed by atoms with van der Waals surface area (Å²) in [4.78, 5) is 20.3. The Balaban J connectivity index is 2.00. The van der Waals surface area contributed by atoms with Crippen molar-refractivity contribution in [1.29, 1.82) is 0 Å². The lowest BCUT2D eigenvalue weighted by Gasteiger charge is -2.13. The molecule has 2 N–H and O–H groups in total. The molecule has 0 saturated heterocycles. The number of carbonyl (C=O) groups is 1. The Morgan fingerprint density at radius 3 is 2.40 bits per heavy atom. The van der Waals surface area contributed by atoms with Crippen LogP contribution in [0.3, 0.4) is 0 Å². The van der Waals surface area contributed by atoms with Gasteiger partial charge in [0.25, 0.3) is 0 Å². The summed E-state index contributed by atoms with van der Waals surface area (Å²) in [6.45, 7) is 5.92. The van der Waals surface area contributed by atoms with Crippen molar-refractivity contribution < 1.29 is 9.90 Å². The number of aromatic nitrogens is 2. The Morgan fingerprint density at radius 1 is 1.00 bits per heavy atom. The minimum atomic E-state index is -0.959. The second-order valence-electron chi connectivity index (χ2n) is 5.98. The lowest BCUT2D eigenvalue weighted by Crippen LogP contribution is -2.04. The van der Waals surface area contributed by atoms with Gasteiger partial charge in [-0.1, -0.05) is 35.9 Å². The van der Waals surface area contributed by atoms with Crippen LogP contribution < -0.4 is 5.32 Å². The third-order valence-electron chi connectivity index (χ3n) is 4.07. The maximum absolute atomic E-state index is 11.1. The van der Waals surface area contributed by atoms with Crippen LogP contribution in [0.5, 0.6) is 0 Å². The SMILES string of the molecule is Cc1ccc(-c2nc(C)c(C)c(Nc3cccc(C(=O)O)c3)n2)cc1. The van der Waals surface area contributed by atoms with Gasteiger partial charge in [-0.2, -0.15) is 0 Å². The zero-order valence-electron chi connectivity index (χ0n) is 14.4. The number of aromatic carboxylic acids is 1. The molecule has 3 rings (SSSR count). The first-order valence-electron chi connectivity index (χ1n) is 7.96. The fourth-order valence-corrected chi connectivity index (χ4v) is 2.45. The third-order valence-corrected chi connectivity index (χ3v) is 4.07.